The minimum atomic E-state index is -0.390. The summed E-state index contributed by atoms with van der Waals surface area (Å²) in [5.41, 5.74) is 0.365. The van der Waals surface area contributed by atoms with Gasteiger partial charge in [-0.3, -0.25) is 0 Å². The Balaban J connectivity index is 2.27. The smallest absolute Gasteiger partial charge is 0.357 e. The standard InChI is InChI=1S/C12H21N3O2S/c1-9(2)15(3)7-5-6-13-12-14-10(8-18-12)11(16)17-4/h8-9H,5-7H2,1-4H3,(H,13,14). The van der Waals surface area contributed by atoms with Crippen LogP contribution in [-0.2, 0) is 4.74 Å². The lowest BCUT2D eigenvalue weighted by atomic mass is 10.3. The van der Waals surface area contributed by atoms with Gasteiger partial charge in [-0.05, 0) is 33.9 Å². The van der Waals surface area contributed by atoms with Crippen LogP contribution < -0.4 is 5.32 Å². The van der Waals surface area contributed by atoms with Crippen LogP contribution >= 0.6 is 11.3 Å². The molecule has 0 unspecified atom stereocenters. The predicted molar refractivity (Wildman–Crippen MR) is 74.3 cm³/mol. The molecule has 1 aromatic rings. The molecular formula is C12H21N3O2S. The maximum atomic E-state index is 11.2. The summed E-state index contributed by atoms with van der Waals surface area (Å²) in [7, 11) is 3.47. The first-order valence-corrected chi connectivity index (χ1v) is 6.90. The number of methoxy groups -OCH3 is 1. The molecule has 1 rings (SSSR count). The number of aromatic nitrogens is 1. The van der Waals surface area contributed by atoms with Crippen LogP contribution in [0, 0.1) is 0 Å². The van der Waals surface area contributed by atoms with E-state index in [1.54, 1.807) is 5.38 Å². The SMILES string of the molecule is COC(=O)c1csc(NCCCN(C)C(C)C)n1. The number of hydrogen-bond donors (Lipinski definition) is 1. The molecule has 1 aromatic heterocycles. The lowest BCUT2D eigenvalue weighted by Crippen LogP contribution is -2.28. The number of rotatable bonds is 7. The molecule has 0 aromatic carbocycles. The molecule has 0 aliphatic carbocycles. The first kappa shape index (κ1) is 14.9. The van der Waals surface area contributed by atoms with Crippen molar-refractivity contribution in [2.75, 3.05) is 32.6 Å². The van der Waals surface area contributed by atoms with Crippen LogP contribution in [0.5, 0.6) is 0 Å². The van der Waals surface area contributed by atoms with Crippen LogP contribution in [0.4, 0.5) is 5.13 Å². The number of carbonyl (C=O) groups is 1. The van der Waals surface area contributed by atoms with E-state index < -0.39 is 0 Å². The monoisotopic (exact) mass is 271 g/mol. The minimum Gasteiger partial charge on any atom is -0.464 e. The molecule has 0 aliphatic heterocycles. The van der Waals surface area contributed by atoms with Gasteiger partial charge in [0.2, 0.25) is 0 Å². The second-order valence-corrected chi connectivity index (χ2v) is 5.24. The second kappa shape index (κ2) is 7.33. The van der Waals surface area contributed by atoms with Crippen molar-refractivity contribution in [3.63, 3.8) is 0 Å². The molecular weight excluding hydrogens is 250 g/mol. The van der Waals surface area contributed by atoms with E-state index in [9.17, 15) is 4.79 Å². The summed E-state index contributed by atoms with van der Waals surface area (Å²) in [6, 6.07) is 0.566. The van der Waals surface area contributed by atoms with Gasteiger partial charge in [-0.1, -0.05) is 0 Å². The van der Waals surface area contributed by atoms with Gasteiger partial charge in [0.1, 0.15) is 0 Å². The zero-order valence-electron chi connectivity index (χ0n) is 11.4. The van der Waals surface area contributed by atoms with Crippen molar-refractivity contribution >= 4 is 22.4 Å². The molecule has 102 valence electrons. The number of nitrogens with one attached hydrogen (secondary N) is 1. The van der Waals surface area contributed by atoms with E-state index in [0.717, 1.165) is 24.6 Å². The Morgan fingerprint density at radius 3 is 2.94 bits per heavy atom. The molecule has 1 heterocycles. The van der Waals surface area contributed by atoms with Gasteiger partial charge in [0.25, 0.3) is 0 Å². The zero-order chi connectivity index (χ0) is 13.5. The Bertz CT molecular complexity index is 379. The molecule has 5 nitrogen and oxygen atoms in total. The first-order chi connectivity index (χ1) is 8.54. The summed E-state index contributed by atoms with van der Waals surface area (Å²) in [6.07, 6.45) is 1.04. The molecule has 0 bridgehead atoms. The molecule has 0 radical (unpaired) electrons. The molecule has 18 heavy (non-hydrogen) atoms. The van der Waals surface area contributed by atoms with Crippen LogP contribution in [-0.4, -0.2) is 49.1 Å². The fourth-order valence-corrected chi connectivity index (χ4v) is 2.04. The van der Waals surface area contributed by atoms with Crippen molar-refractivity contribution in [3.8, 4) is 0 Å². The van der Waals surface area contributed by atoms with Crippen LogP contribution in [0.25, 0.3) is 0 Å². The highest BCUT2D eigenvalue weighted by atomic mass is 32.1. The van der Waals surface area contributed by atoms with Gasteiger partial charge >= 0.3 is 5.97 Å². The molecule has 0 saturated heterocycles. The molecule has 0 saturated carbocycles. The van der Waals surface area contributed by atoms with Gasteiger partial charge in [-0.2, -0.15) is 0 Å². The summed E-state index contributed by atoms with van der Waals surface area (Å²) in [6.45, 7) is 6.25. The van der Waals surface area contributed by atoms with E-state index in [2.05, 4.69) is 40.8 Å². The summed E-state index contributed by atoms with van der Waals surface area (Å²) >= 11 is 1.42. The largest absolute Gasteiger partial charge is 0.464 e. The molecule has 0 fully saturated rings. The molecule has 0 atom stereocenters. The third-order valence-electron chi connectivity index (χ3n) is 2.74. The average Bonchev–Trinajstić information content (AvgIpc) is 2.81. The molecule has 0 spiro atoms. The average molecular weight is 271 g/mol. The van der Waals surface area contributed by atoms with Crippen molar-refractivity contribution in [1.82, 2.24) is 9.88 Å². The summed E-state index contributed by atoms with van der Waals surface area (Å²) in [5, 5.41) is 5.68. The number of esters is 1. The van der Waals surface area contributed by atoms with Crippen molar-refractivity contribution < 1.29 is 9.53 Å². The Labute approximate surface area is 112 Å². The van der Waals surface area contributed by atoms with Crippen molar-refractivity contribution in [2.24, 2.45) is 0 Å². The Morgan fingerprint density at radius 1 is 1.61 bits per heavy atom. The summed E-state index contributed by atoms with van der Waals surface area (Å²) in [4.78, 5) is 17.7. The predicted octanol–water partition coefficient (Wildman–Crippen LogP) is 2.07. The first-order valence-electron chi connectivity index (χ1n) is 6.02. The zero-order valence-corrected chi connectivity index (χ0v) is 12.2. The van der Waals surface area contributed by atoms with E-state index in [4.69, 9.17) is 0 Å². The van der Waals surface area contributed by atoms with E-state index in [-0.39, 0.29) is 5.97 Å². The van der Waals surface area contributed by atoms with Crippen molar-refractivity contribution in [3.05, 3.63) is 11.1 Å². The van der Waals surface area contributed by atoms with Gasteiger partial charge in [0.15, 0.2) is 10.8 Å². The van der Waals surface area contributed by atoms with Crippen LogP contribution in [0.3, 0.4) is 0 Å². The van der Waals surface area contributed by atoms with Gasteiger partial charge in [-0.15, -0.1) is 11.3 Å². The van der Waals surface area contributed by atoms with Crippen LogP contribution in [0.2, 0.25) is 0 Å². The number of anilines is 1. The number of thiazole rings is 1. The minimum absolute atomic E-state index is 0.365. The highest BCUT2D eigenvalue weighted by molar-refractivity contribution is 7.13. The van der Waals surface area contributed by atoms with Gasteiger partial charge in [0.05, 0.1) is 7.11 Å². The Hall–Kier alpha value is -1.14. The highest BCUT2D eigenvalue weighted by Crippen LogP contribution is 2.15. The summed E-state index contributed by atoms with van der Waals surface area (Å²) in [5.74, 6) is -0.390. The van der Waals surface area contributed by atoms with E-state index >= 15 is 0 Å². The van der Waals surface area contributed by atoms with Crippen LogP contribution in [0.15, 0.2) is 5.38 Å². The van der Waals surface area contributed by atoms with Crippen molar-refractivity contribution in [2.45, 2.75) is 26.3 Å². The van der Waals surface area contributed by atoms with Crippen molar-refractivity contribution in [1.29, 1.82) is 0 Å². The Morgan fingerprint density at radius 2 is 2.33 bits per heavy atom. The third-order valence-corrected chi connectivity index (χ3v) is 3.54. The Kier molecular flexibility index (Phi) is 6.07. The van der Waals surface area contributed by atoms with Crippen LogP contribution in [0.1, 0.15) is 30.8 Å². The topological polar surface area (TPSA) is 54.5 Å². The number of hydrogen-bond acceptors (Lipinski definition) is 6. The molecule has 6 heteroatoms. The van der Waals surface area contributed by atoms with Gasteiger partial charge < -0.3 is 15.0 Å². The molecule has 1 N–H and O–H groups in total. The van der Waals surface area contributed by atoms with E-state index in [1.165, 1.54) is 18.4 Å². The fourth-order valence-electron chi connectivity index (χ4n) is 1.34. The highest BCUT2D eigenvalue weighted by Gasteiger charge is 2.10. The molecule has 0 aliphatic rings. The van der Waals surface area contributed by atoms with Gasteiger partial charge in [-0.25, -0.2) is 9.78 Å². The maximum absolute atomic E-state index is 11.2. The second-order valence-electron chi connectivity index (χ2n) is 4.38. The van der Waals surface area contributed by atoms with Gasteiger partial charge in [0, 0.05) is 18.0 Å². The maximum Gasteiger partial charge on any atom is 0.357 e. The fraction of sp³-hybridized carbons (Fsp3) is 0.667. The normalized spacial score (nSPS) is 11.0. The number of ether oxygens (including phenoxy) is 1. The number of carbonyl (C=O) groups excluding carboxylic acids is 1. The molecule has 0 amide bonds. The third kappa shape index (κ3) is 4.62. The van der Waals surface area contributed by atoms with E-state index in [0.29, 0.717) is 11.7 Å². The quantitative estimate of drug-likeness (QED) is 0.608. The number of nitrogens with zero attached hydrogens (tertiary/aromatic N) is 2. The summed E-state index contributed by atoms with van der Waals surface area (Å²) < 4.78 is 4.60. The lowest BCUT2D eigenvalue weighted by Gasteiger charge is -2.20. The van der Waals surface area contributed by atoms with E-state index in [1.807, 2.05) is 0 Å². The lowest BCUT2D eigenvalue weighted by molar-refractivity contribution is 0.0595.